The maximum atomic E-state index is 11.1. The molecule has 0 saturated carbocycles. The zero-order valence-electron chi connectivity index (χ0n) is 8.78. The average molecular weight is 256 g/mol. The smallest absolute Gasteiger partial charge is 0.422 e. The molecule has 7 heteroatoms. The van der Waals surface area contributed by atoms with Crippen molar-refractivity contribution in [2.45, 2.75) is 6.92 Å². The Kier molecular flexibility index (Phi) is 2.79. The van der Waals surface area contributed by atoms with Gasteiger partial charge in [-0.25, -0.2) is 9.36 Å². The van der Waals surface area contributed by atoms with Gasteiger partial charge < -0.3 is 8.94 Å². The van der Waals surface area contributed by atoms with E-state index in [1.807, 2.05) is 0 Å². The van der Waals surface area contributed by atoms with Gasteiger partial charge in [-0.05, 0) is 25.1 Å². The van der Waals surface area contributed by atoms with Gasteiger partial charge >= 0.3 is 13.4 Å². The van der Waals surface area contributed by atoms with Gasteiger partial charge in [-0.15, -0.1) is 0 Å². The van der Waals surface area contributed by atoms with Gasteiger partial charge in [0.15, 0.2) is 0 Å². The van der Waals surface area contributed by atoms with E-state index in [9.17, 15) is 9.36 Å². The zero-order valence-corrected chi connectivity index (χ0v) is 9.68. The van der Waals surface area contributed by atoms with Crippen LogP contribution in [0.4, 0.5) is 0 Å². The standard InChI is InChI=1S/C10H9O6P/c1-6-8(16-17(12,13)14)4-2-7-3-5-9(11)15-10(6)7/h2-5H,1H3,(H2,12,13,14). The largest absolute Gasteiger partial charge is 0.524 e. The summed E-state index contributed by atoms with van der Waals surface area (Å²) in [5.41, 5.74) is 0.0842. The maximum Gasteiger partial charge on any atom is 0.524 e. The summed E-state index contributed by atoms with van der Waals surface area (Å²) in [6.07, 6.45) is 0. The van der Waals surface area contributed by atoms with Crippen molar-refractivity contribution in [1.29, 1.82) is 0 Å². The highest BCUT2D eigenvalue weighted by Crippen LogP contribution is 2.40. The summed E-state index contributed by atoms with van der Waals surface area (Å²) < 4.78 is 20.2. The van der Waals surface area contributed by atoms with E-state index in [2.05, 4.69) is 4.52 Å². The highest BCUT2D eigenvalue weighted by Gasteiger charge is 2.18. The second-order valence-electron chi connectivity index (χ2n) is 3.44. The molecule has 17 heavy (non-hydrogen) atoms. The van der Waals surface area contributed by atoms with Crippen LogP contribution in [0.25, 0.3) is 11.0 Å². The van der Waals surface area contributed by atoms with Gasteiger partial charge in [-0.3, -0.25) is 9.79 Å². The number of rotatable bonds is 2. The van der Waals surface area contributed by atoms with Crippen molar-refractivity contribution in [3.05, 3.63) is 40.2 Å². The molecule has 2 aromatic rings. The normalized spacial score (nSPS) is 11.7. The number of fused-ring (bicyclic) bond motifs is 1. The van der Waals surface area contributed by atoms with Crippen LogP contribution >= 0.6 is 7.82 Å². The number of hydrogen-bond donors (Lipinski definition) is 2. The minimum Gasteiger partial charge on any atom is -0.422 e. The highest BCUT2D eigenvalue weighted by atomic mass is 31.2. The van der Waals surface area contributed by atoms with E-state index >= 15 is 0 Å². The van der Waals surface area contributed by atoms with E-state index in [0.29, 0.717) is 10.9 Å². The molecule has 0 bridgehead atoms. The fourth-order valence-electron chi connectivity index (χ4n) is 1.48. The van der Waals surface area contributed by atoms with Crippen LogP contribution in [-0.2, 0) is 4.57 Å². The molecule has 0 radical (unpaired) electrons. The number of benzene rings is 1. The van der Waals surface area contributed by atoms with Crippen LogP contribution in [-0.4, -0.2) is 9.79 Å². The van der Waals surface area contributed by atoms with Crippen molar-refractivity contribution in [2.24, 2.45) is 0 Å². The fraction of sp³-hybridized carbons (Fsp3) is 0.100. The lowest BCUT2D eigenvalue weighted by atomic mass is 10.1. The van der Waals surface area contributed by atoms with E-state index < -0.39 is 13.4 Å². The first-order valence-electron chi connectivity index (χ1n) is 4.65. The summed E-state index contributed by atoms with van der Waals surface area (Å²) in [5, 5.41) is 0.653. The molecule has 1 aromatic heterocycles. The topological polar surface area (TPSA) is 97.0 Å². The van der Waals surface area contributed by atoms with Gasteiger partial charge in [0, 0.05) is 17.0 Å². The van der Waals surface area contributed by atoms with E-state index in [1.54, 1.807) is 19.1 Å². The Labute approximate surface area is 95.7 Å². The lowest BCUT2D eigenvalue weighted by Crippen LogP contribution is -1.98. The summed E-state index contributed by atoms with van der Waals surface area (Å²) in [6.45, 7) is 1.55. The zero-order chi connectivity index (χ0) is 12.6. The van der Waals surface area contributed by atoms with E-state index in [4.69, 9.17) is 14.2 Å². The first-order chi connectivity index (χ1) is 7.87. The van der Waals surface area contributed by atoms with Crippen LogP contribution in [0.15, 0.2) is 33.5 Å². The Hall–Kier alpha value is -1.62. The molecule has 90 valence electrons. The molecule has 1 aromatic carbocycles. The molecule has 1 heterocycles. The second kappa shape index (κ2) is 4.00. The third kappa shape index (κ3) is 2.55. The summed E-state index contributed by atoms with van der Waals surface area (Å²) in [7, 11) is -4.62. The Morgan fingerprint density at radius 3 is 2.53 bits per heavy atom. The van der Waals surface area contributed by atoms with Crippen LogP contribution in [0, 0.1) is 6.92 Å². The molecule has 0 aliphatic carbocycles. The molecular weight excluding hydrogens is 247 g/mol. The summed E-state index contributed by atoms with van der Waals surface area (Å²) in [4.78, 5) is 28.5. The molecule has 2 rings (SSSR count). The summed E-state index contributed by atoms with van der Waals surface area (Å²) in [6, 6.07) is 5.80. The van der Waals surface area contributed by atoms with Gasteiger partial charge in [0.05, 0.1) is 0 Å². The van der Waals surface area contributed by atoms with Crippen LogP contribution in [0.1, 0.15) is 5.56 Å². The Bertz CT molecular complexity index is 668. The monoisotopic (exact) mass is 256 g/mol. The van der Waals surface area contributed by atoms with Gasteiger partial charge in [0.25, 0.3) is 0 Å². The van der Waals surface area contributed by atoms with Crippen LogP contribution in [0.3, 0.4) is 0 Å². The third-order valence-electron chi connectivity index (χ3n) is 2.21. The molecule has 2 N–H and O–H groups in total. The molecule has 0 fully saturated rings. The molecule has 0 aliphatic heterocycles. The number of hydrogen-bond acceptors (Lipinski definition) is 4. The van der Waals surface area contributed by atoms with Gasteiger partial charge in [-0.1, -0.05) is 0 Å². The van der Waals surface area contributed by atoms with Crippen molar-refractivity contribution in [3.63, 3.8) is 0 Å². The molecule has 0 amide bonds. The quantitative estimate of drug-likeness (QED) is 0.625. The van der Waals surface area contributed by atoms with Crippen molar-refractivity contribution in [2.75, 3.05) is 0 Å². The van der Waals surface area contributed by atoms with Gasteiger partial charge in [0.1, 0.15) is 11.3 Å². The Morgan fingerprint density at radius 1 is 1.24 bits per heavy atom. The predicted octanol–water partition coefficient (Wildman–Crippen LogP) is 1.57. The number of aryl methyl sites for hydroxylation is 1. The molecule has 0 spiro atoms. The fourth-order valence-corrected chi connectivity index (χ4v) is 1.93. The first kappa shape index (κ1) is 11.9. The maximum absolute atomic E-state index is 11.1. The van der Waals surface area contributed by atoms with Gasteiger partial charge in [-0.2, -0.15) is 0 Å². The average Bonchev–Trinajstić information content (AvgIpc) is 2.21. The lowest BCUT2D eigenvalue weighted by molar-refractivity contribution is 0.282. The number of phosphoric ester groups is 1. The minimum absolute atomic E-state index is 0.0137. The number of phosphoric acid groups is 1. The molecular formula is C10H9O6P. The molecule has 6 nitrogen and oxygen atoms in total. The van der Waals surface area contributed by atoms with Crippen LogP contribution in [0.5, 0.6) is 5.75 Å². The summed E-state index contributed by atoms with van der Waals surface area (Å²) >= 11 is 0. The van der Waals surface area contributed by atoms with Crippen LogP contribution in [0.2, 0.25) is 0 Å². The van der Waals surface area contributed by atoms with E-state index in [-0.39, 0.29) is 11.3 Å². The molecule has 0 atom stereocenters. The van der Waals surface area contributed by atoms with Crippen LogP contribution < -0.4 is 10.1 Å². The van der Waals surface area contributed by atoms with Crippen molar-refractivity contribution in [1.82, 2.24) is 0 Å². The third-order valence-corrected chi connectivity index (χ3v) is 2.64. The first-order valence-corrected chi connectivity index (χ1v) is 6.18. The van der Waals surface area contributed by atoms with Crippen molar-refractivity contribution >= 4 is 18.8 Å². The lowest BCUT2D eigenvalue weighted by Gasteiger charge is -2.10. The Morgan fingerprint density at radius 2 is 1.88 bits per heavy atom. The molecule has 0 saturated heterocycles. The van der Waals surface area contributed by atoms with E-state index in [0.717, 1.165) is 0 Å². The minimum atomic E-state index is -4.62. The predicted molar refractivity (Wildman–Crippen MR) is 59.9 cm³/mol. The van der Waals surface area contributed by atoms with Gasteiger partial charge in [0.2, 0.25) is 0 Å². The molecule has 0 aliphatic rings. The van der Waals surface area contributed by atoms with Crippen molar-refractivity contribution in [3.8, 4) is 5.75 Å². The second-order valence-corrected chi connectivity index (χ2v) is 4.61. The van der Waals surface area contributed by atoms with E-state index in [1.165, 1.54) is 12.1 Å². The SMILES string of the molecule is Cc1c(OP(=O)(O)O)ccc2ccc(=O)oc12. The summed E-state index contributed by atoms with van der Waals surface area (Å²) in [5.74, 6) is -0.0137. The highest BCUT2D eigenvalue weighted by molar-refractivity contribution is 7.46. The van der Waals surface area contributed by atoms with Crippen molar-refractivity contribution < 1.29 is 23.3 Å². The Balaban J connectivity index is 2.64. The molecule has 0 unspecified atom stereocenters.